The number of amides is 1. The monoisotopic (exact) mass is 448 g/mol. The maximum absolute atomic E-state index is 13.1. The second-order valence-corrected chi connectivity index (χ2v) is 9.02. The molecule has 33 heavy (non-hydrogen) atoms. The molecule has 2 N–H and O–H groups in total. The van der Waals surface area contributed by atoms with Gasteiger partial charge in [0.1, 0.15) is 0 Å². The van der Waals surface area contributed by atoms with Crippen LogP contribution in [0.3, 0.4) is 0 Å². The molecule has 3 heterocycles. The van der Waals surface area contributed by atoms with Gasteiger partial charge in [-0.05, 0) is 55.8 Å². The van der Waals surface area contributed by atoms with Crippen LogP contribution < -0.4 is 11.2 Å². The van der Waals surface area contributed by atoms with Crippen LogP contribution in [-0.2, 0) is 6.54 Å². The van der Waals surface area contributed by atoms with E-state index >= 15 is 0 Å². The third-order valence-electron chi connectivity index (χ3n) is 6.78. The minimum Gasteiger partial charge on any atom is -0.389 e. The summed E-state index contributed by atoms with van der Waals surface area (Å²) >= 11 is 0. The number of piperidine rings is 1. The lowest BCUT2D eigenvalue weighted by atomic mass is 10.1. The normalized spacial score (nSPS) is 21.5. The van der Waals surface area contributed by atoms with Gasteiger partial charge in [-0.3, -0.25) is 24.0 Å². The zero-order valence-corrected chi connectivity index (χ0v) is 18.4. The molecule has 2 aliphatic heterocycles. The van der Waals surface area contributed by atoms with Crippen molar-refractivity contribution in [2.24, 2.45) is 0 Å². The molecule has 5 rings (SSSR count). The number of β-amino-alcohol motifs (C(OH)–C–C–N with tert-alkyl or cyclic N) is 1. The molecule has 2 saturated heterocycles. The average molecular weight is 449 g/mol. The summed E-state index contributed by atoms with van der Waals surface area (Å²) in [6.07, 6.45) is 2.86. The highest BCUT2D eigenvalue weighted by atomic mass is 16.3. The number of likely N-dealkylation sites (tertiary alicyclic amines) is 2. The number of aromatic nitrogens is 2. The molecular weight excluding hydrogens is 420 g/mol. The van der Waals surface area contributed by atoms with Crippen LogP contribution in [0.15, 0.2) is 58.1 Å². The second-order valence-electron chi connectivity index (χ2n) is 9.02. The van der Waals surface area contributed by atoms with Crippen molar-refractivity contribution >= 4 is 16.8 Å². The third-order valence-corrected chi connectivity index (χ3v) is 6.78. The van der Waals surface area contributed by atoms with Crippen molar-refractivity contribution in [3.8, 4) is 0 Å². The lowest BCUT2D eigenvalue weighted by molar-refractivity contribution is 0.0764. The second kappa shape index (κ2) is 8.96. The average Bonchev–Trinajstić information content (AvgIpc) is 3.21. The third kappa shape index (κ3) is 4.24. The molecule has 0 bridgehead atoms. The van der Waals surface area contributed by atoms with Crippen molar-refractivity contribution in [2.75, 3.05) is 26.2 Å². The Kier molecular flexibility index (Phi) is 5.86. The first-order chi connectivity index (χ1) is 16.0. The standard InChI is InChI=1S/C25H28N4O4/c30-22-16-28(15-21(22)29-20-7-3-2-6-19(20)23(31)26-25(29)33)24(32)18-10-8-17(9-11-18)14-27-12-4-1-5-13-27/h2-3,6-11,21-22,30H,1,4-5,12-16H2,(H,26,31,33)/t21-,22-/m0/s1. The Morgan fingerprint density at radius 1 is 0.970 bits per heavy atom. The molecule has 0 unspecified atom stereocenters. The number of nitrogens with one attached hydrogen (secondary N) is 1. The number of rotatable bonds is 4. The highest BCUT2D eigenvalue weighted by Crippen LogP contribution is 2.25. The fourth-order valence-corrected chi connectivity index (χ4v) is 5.04. The summed E-state index contributed by atoms with van der Waals surface area (Å²) in [5.74, 6) is -0.178. The number of hydrogen-bond acceptors (Lipinski definition) is 5. The van der Waals surface area contributed by atoms with Gasteiger partial charge in [0.25, 0.3) is 11.5 Å². The molecule has 2 fully saturated rings. The number of aromatic amines is 1. The smallest absolute Gasteiger partial charge is 0.329 e. The van der Waals surface area contributed by atoms with Gasteiger partial charge in [-0.2, -0.15) is 0 Å². The minimum atomic E-state index is -0.917. The number of aliphatic hydroxyl groups is 1. The van der Waals surface area contributed by atoms with Gasteiger partial charge in [0, 0.05) is 25.2 Å². The van der Waals surface area contributed by atoms with Gasteiger partial charge in [-0.1, -0.05) is 30.7 Å². The number of H-pyrrole nitrogens is 1. The first kappa shape index (κ1) is 21.6. The lowest BCUT2D eigenvalue weighted by Gasteiger charge is -2.26. The number of fused-ring (bicyclic) bond motifs is 1. The Morgan fingerprint density at radius 2 is 1.70 bits per heavy atom. The van der Waals surface area contributed by atoms with Gasteiger partial charge in [0.15, 0.2) is 0 Å². The van der Waals surface area contributed by atoms with Crippen LogP contribution >= 0.6 is 0 Å². The van der Waals surface area contributed by atoms with E-state index < -0.39 is 23.4 Å². The van der Waals surface area contributed by atoms with E-state index in [4.69, 9.17) is 0 Å². The molecule has 8 heteroatoms. The predicted molar refractivity (Wildman–Crippen MR) is 125 cm³/mol. The van der Waals surface area contributed by atoms with Gasteiger partial charge in [0.2, 0.25) is 0 Å². The van der Waals surface area contributed by atoms with E-state index in [1.807, 2.05) is 24.3 Å². The molecule has 0 saturated carbocycles. The highest BCUT2D eigenvalue weighted by Gasteiger charge is 2.37. The van der Waals surface area contributed by atoms with E-state index in [0.29, 0.717) is 16.5 Å². The largest absolute Gasteiger partial charge is 0.389 e. The number of para-hydroxylation sites is 1. The molecule has 1 amide bonds. The SMILES string of the molecule is O=C(c1ccc(CN2CCCCC2)cc1)N1C[C@H](O)[C@@H](n2c(=O)[nH]c(=O)c3ccccc32)C1. The molecule has 8 nitrogen and oxygen atoms in total. The first-order valence-electron chi connectivity index (χ1n) is 11.5. The van der Waals surface area contributed by atoms with Crippen molar-refractivity contribution < 1.29 is 9.90 Å². The quantitative estimate of drug-likeness (QED) is 0.634. The van der Waals surface area contributed by atoms with E-state index in [1.54, 1.807) is 29.2 Å². The molecule has 2 aromatic carbocycles. The summed E-state index contributed by atoms with van der Waals surface area (Å²) in [5.41, 5.74) is 1.14. The number of carbonyl (C=O) groups excluding carboxylic acids is 1. The molecule has 2 atom stereocenters. The zero-order valence-electron chi connectivity index (χ0n) is 18.4. The van der Waals surface area contributed by atoms with E-state index in [-0.39, 0.29) is 19.0 Å². The van der Waals surface area contributed by atoms with Gasteiger partial charge in [0.05, 0.1) is 23.0 Å². The van der Waals surface area contributed by atoms with Crippen LogP contribution in [0.5, 0.6) is 0 Å². The summed E-state index contributed by atoms with van der Waals surface area (Å²) < 4.78 is 1.40. The molecule has 172 valence electrons. The molecule has 2 aliphatic rings. The molecular formula is C25H28N4O4. The molecule has 1 aromatic heterocycles. The van der Waals surface area contributed by atoms with Crippen molar-refractivity contribution in [1.29, 1.82) is 0 Å². The maximum Gasteiger partial charge on any atom is 0.329 e. The summed E-state index contributed by atoms with van der Waals surface area (Å²) in [6.45, 7) is 3.44. The zero-order chi connectivity index (χ0) is 22.9. The van der Waals surface area contributed by atoms with Crippen LogP contribution in [0.2, 0.25) is 0 Å². The van der Waals surface area contributed by atoms with Crippen LogP contribution in [-0.4, -0.2) is 62.6 Å². The predicted octanol–water partition coefficient (Wildman–Crippen LogP) is 1.73. The van der Waals surface area contributed by atoms with Gasteiger partial charge in [-0.25, -0.2) is 4.79 Å². The van der Waals surface area contributed by atoms with E-state index in [0.717, 1.165) is 19.6 Å². The van der Waals surface area contributed by atoms with Crippen LogP contribution in [0.1, 0.15) is 41.2 Å². The number of carbonyl (C=O) groups is 1. The Hall–Kier alpha value is -3.23. The summed E-state index contributed by atoms with van der Waals surface area (Å²) in [6, 6.07) is 13.8. The van der Waals surface area contributed by atoms with Gasteiger partial charge >= 0.3 is 5.69 Å². The van der Waals surface area contributed by atoms with E-state index in [1.165, 1.54) is 29.4 Å². The van der Waals surface area contributed by atoms with Crippen molar-refractivity contribution in [3.63, 3.8) is 0 Å². The summed E-state index contributed by atoms with van der Waals surface area (Å²) in [5, 5.41) is 11.1. The van der Waals surface area contributed by atoms with Crippen LogP contribution in [0.4, 0.5) is 0 Å². The van der Waals surface area contributed by atoms with Crippen molar-refractivity contribution in [2.45, 2.75) is 38.0 Å². The maximum atomic E-state index is 13.1. The Balaban J connectivity index is 1.34. The van der Waals surface area contributed by atoms with Crippen LogP contribution in [0, 0.1) is 0 Å². The number of nitrogens with zero attached hydrogens (tertiary/aromatic N) is 3. The van der Waals surface area contributed by atoms with Crippen molar-refractivity contribution in [1.82, 2.24) is 19.4 Å². The summed E-state index contributed by atoms with van der Waals surface area (Å²) in [4.78, 5) is 44.3. The first-order valence-corrected chi connectivity index (χ1v) is 11.5. The topological polar surface area (TPSA) is 98.6 Å². The fraction of sp³-hybridized carbons (Fsp3) is 0.400. The van der Waals surface area contributed by atoms with E-state index in [9.17, 15) is 19.5 Å². The Bertz CT molecular complexity index is 1270. The number of hydrogen-bond donors (Lipinski definition) is 2. The van der Waals surface area contributed by atoms with Crippen molar-refractivity contribution in [3.05, 3.63) is 80.5 Å². The Labute approximate surface area is 191 Å². The lowest BCUT2D eigenvalue weighted by Crippen LogP contribution is -2.37. The number of aliphatic hydroxyl groups excluding tert-OH is 1. The highest BCUT2D eigenvalue weighted by molar-refractivity contribution is 5.94. The fourth-order valence-electron chi connectivity index (χ4n) is 5.04. The van der Waals surface area contributed by atoms with Gasteiger partial charge in [-0.15, -0.1) is 0 Å². The minimum absolute atomic E-state index is 0.124. The molecule has 0 radical (unpaired) electrons. The number of benzene rings is 2. The Morgan fingerprint density at radius 3 is 2.45 bits per heavy atom. The molecule has 0 spiro atoms. The van der Waals surface area contributed by atoms with E-state index in [2.05, 4.69) is 9.88 Å². The molecule has 0 aliphatic carbocycles. The van der Waals surface area contributed by atoms with Gasteiger partial charge < -0.3 is 10.0 Å². The van der Waals surface area contributed by atoms with Crippen LogP contribution in [0.25, 0.3) is 10.9 Å². The molecule has 3 aromatic rings. The summed E-state index contributed by atoms with van der Waals surface area (Å²) in [7, 11) is 0.